The Kier molecular flexibility index (Phi) is 4.48. The molecule has 9 nitrogen and oxygen atoms in total. The van der Waals surface area contributed by atoms with E-state index >= 15 is 0 Å². The number of hydrogen-bond acceptors (Lipinski definition) is 6. The van der Waals surface area contributed by atoms with Crippen LogP contribution in [0.4, 0.5) is 20.7 Å². The lowest BCUT2D eigenvalue weighted by Crippen LogP contribution is -2.40. The topological polar surface area (TPSA) is 103 Å². The van der Waals surface area contributed by atoms with Crippen molar-refractivity contribution >= 4 is 23.5 Å². The maximum atomic E-state index is 13.3. The van der Waals surface area contributed by atoms with Gasteiger partial charge in [0.2, 0.25) is 5.91 Å². The van der Waals surface area contributed by atoms with Crippen molar-refractivity contribution in [2.75, 3.05) is 36.2 Å². The van der Waals surface area contributed by atoms with E-state index in [2.05, 4.69) is 4.98 Å². The monoisotopic (exact) mass is 415 g/mol. The largest absolute Gasteiger partial charge is 0.491 e. The number of alkyl halides is 1. The Bertz CT molecular complexity index is 1010. The molecule has 2 saturated heterocycles. The predicted octanol–water partition coefficient (Wildman–Crippen LogP) is 1.69. The minimum Gasteiger partial charge on any atom is -0.491 e. The molecule has 30 heavy (non-hydrogen) atoms. The molecule has 2 atom stereocenters. The summed E-state index contributed by atoms with van der Waals surface area (Å²) in [4.78, 5) is 31.7. The first-order valence-corrected chi connectivity index (χ1v) is 9.99. The summed E-state index contributed by atoms with van der Waals surface area (Å²) < 4.78 is 26.1. The number of primary amides is 1. The van der Waals surface area contributed by atoms with Crippen LogP contribution in [0.2, 0.25) is 0 Å². The summed E-state index contributed by atoms with van der Waals surface area (Å²) in [7, 11) is 0. The quantitative estimate of drug-likeness (QED) is 0.815. The molecular formula is C20H22FN5O4. The fourth-order valence-electron chi connectivity index (χ4n) is 4.38. The van der Waals surface area contributed by atoms with E-state index in [1.165, 1.54) is 4.90 Å². The van der Waals surface area contributed by atoms with E-state index in [1.54, 1.807) is 6.20 Å². The summed E-state index contributed by atoms with van der Waals surface area (Å²) >= 11 is 0. The molecule has 10 heteroatoms. The van der Waals surface area contributed by atoms with Crippen LogP contribution in [0.25, 0.3) is 11.4 Å². The van der Waals surface area contributed by atoms with Crippen LogP contribution < -0.4 is 20.3 Å². The first kappa shape index (κ1) is 18.7. The Morgan fingerprint density at radius 3 is 2.97 bits per heavy atom. The number of nitrogens with two attached hydrogens (primary N) is 1. The lowest BCUT2D eigenvalue weighted by Gasteiger charge is -2.25. The van der Waals surface area contributed by atoms with Crippen LogP contribution in [0.5, 0.6) is 5.75 Å². The van der Waals surface area contributed by atoms with Crippen molar-refractivity contribution in [3.8, 4) is 17.1 Å². The Balaban J connectivity index is 1.51. The number of cyclic esters (lactones) is 1. The molecule has 4 heterocycles. The number of nitrogens with zero attached hydrogens (tertiary/aromatic N) is 4. The van der Waals surface area contributed by atoms with Gasteiger partial charge in [0.25, 0.3) is 0 Å². The first-order chi connectivity index (χ1) is 14.6. The van der Waals surface area contributed by atoms with E-state index in [0.717, 1.165) is 30.6 Å². The molecule has 0 bridgehead atoms. The van der Waals surface area contributed by atoms with Crippen molar-refractivity contribution < 1.29 is 23.5 Å². The third-order valence-electron chi connectivity index (χ3n) is 5.86. The Hall–Kier alpha value is -3.30. The highest BCUT2D eigenvalue weighted by atomic mass is 19.1. The zero-order chi connectivity index (χ0) is 20.8. The minimum atomic E-state index is -0.701. The number of carbonyl (C=O) groups excluding carboxylic acids is 2. The fraction of sp³-hybridized carbons (Fsp3) is 0.450. The van der Waals surface area contributed by atoms with Crippen molar-refractivity contribution in [1.82, 2.24) is 9.55 Å². The number of imidazole rings is 1. The highest BCUT2D eigenvalue weighted by Gasteiger charge is 2.37. The maximum absolute atomic E-state index is 13.3. The van der Waals surface area contributed by atoms with Crippen LogP contribution in [-0.4, -0.2) is 60.1 Å². The molecule has 0 radical (unpaired) electrons. The van der Waals surface area contributed by atoms with Gasteiger partial charge in [0.1, 0.15) is 43.5 Å². The number of fused-ring (bicyclic) bond motifs is 3. The number of halogens is 1. The van der Waals surface area contributed by atoms with Gasteiger partial charge in [-0.3, -0.25) is 9.69 Å². The molecule has 2 fully saturated rings. The summed E-state index contributed by atoms with van der Waals surface area (Å²) in [5.41, 5.74) is 7.19. The number of rotatable bonds is 4. The summed E-state index contributed by atoms with van der Waals surface area (Å²) in [6, 6.07) is 4.72. The number of carbonyl (C=O) groups is 2. The molecule has 1 aromatic carbocycles. The Labute approximate surface area is 172 Å². The smallest absolute Gasteiger partial charge is 0.416 e. The number of amides is 2. The molecule has 2 amide bonds. The second kappa shape index (κ2) is 7.19. The zero-order valence-corrected chi connectivity index (χ0v) is 16.3. The summed E-state index contributed by atoms with van der Waals surface area (Å²) in [5.74, 6) is 1.31. The Morgan fingerprint density at radius 2 is 2.17 bits per heavy atom. The van der Waals surface area contributed by atoms with Gasteiger partial charge in [0.05, 0.1) is 12.1 Å². The predicted molar refractivity (Wildman–Crippen MR) is 106 cm³/mol. The number of hydrogen-bond donors (Lipinski definition) is 1. The van der Waals surface area contributed by atoms with Gasteiger partial charge in [-0.05, 0) is 25.0 Å². The number of aromatic nitrogens is 2. The van der Waals surface area contributed by atoms with Gasteiger partial charge in [0, 0.05) is 24.5 Å². The third kappa shape index (κ3) is 2.94. The molecule has 3 aliphatic rings. The molecule has 0 saturated carbocycles. The van der Waals surface area contributed by atoms with Crippen LogP contribution >= 0.6 is 0 Å². The molecule has 2 N–H and O–H groups in total. The van der Waals surface area contributed by atoms with Crippen molar-refractivity contribution in [2.45, 2.75) is 31.5 Å². The van der Waals surface area contributed by atoms with Gasteiger partial charge >= 0.3 is 6.09 Å². The van der Waals surface area contributed by atoms with Crippen LogP contribution in [0.3, 0.4) is 0 Å². The molecular weight excluding hydrogens is 393 g/mol. The highest BCUT2D eigenvalue weighted by Crippen LogP contribution is 2.38. The average molecular weight is 415 g/mol. The number of anilines is 2. The van der Waals surface area contributed by atoms with Crippen LogP contribution in [0, 0.1) is 0 Å². The molecule has 0 spiro atoms. The lowest BCUT2D eigenvalue weighted by molar-refractivity contribution is -0.119. The van der Waals surface area contributed by atoms with Gasteiger partial charge < -0.3 is 24.7 Å². The Morgan fingerprint density at radius 1 is 1.30 bits per heavy atom. The zero-order valence-electron chi connectivity index (χ0n) is 16.3. The average Bonchev–Trinajstić information content (AvgIpc) is 3.44. The van der Waals surface area contributed by atoms with Gasteiger partial charge in [-0.25, -0.2) is 14.2 Å². The normalized spacial score (nSPS) is 22.9. The van der Waals surface area contributed by atoms with Crippen LogP contribution in [0.1, 0.15) is 12.8 Å². The lowest BCUT2D eigenvalue weighted by atomic mass is 10.1. The van der Waals surface area contributed by atoms with E-state index in [-0.39, 0.29) is 18.6 Å². The van der Waals surface area contributed by atoms with E-state index in [0.29, 0.717) is 30.5 Å². The van der Waals surface area contributed by atoms with Crippen molar-refractivity contribution in [1.29, 1.82) is 0 Å². The van der Waals surface area contributed by atoms with Crippen LogP contribution in [-0.2, 0) is 16.1 Å². The second-order valence-corrected chi connectivity index (χ2v) is 7.65. The molecule has 3 aliphatic heterocycles. The van der Waals surface area contributed by atoms with E-state index in [9.17, 15) is 14.0 Å². The van der Waals surface area contributed by atoms with Crippen LogP contribution in [0.15, 0.2) is 24.4 Å². The third-order valence-corrected chi connectivity index (χ3v) is 5.86. The summed E-state index contributed by atoms with van der Waals surface area (Å²) in [6.45, 7) is 1.01. The van der Waals surface area contributed by atoms with E-state index in [4.69, 9.17) is 15.2 Å². The number of ether oxygens (including phenoxy) is 2. The van der Waals surface area contributed by atoms with Crippen molar-refractivity contribution in [2.24, 2.45) is 5.73 Å². The summed E-state index contributed by atoms with van der Waals surface area (Å²) in [5, 5.41) is 0. The van der Waals surface area contributed by atoms with Gasteiger partial charge in [-0.1, -0.05) is 0 Å². The summed E-state index contributed by atoms with van der Waals surface area (Å²) in [6.07, 6.45) is 2.77. The SMILES string of the molecule is NC(=O)[C@@H]1CCCN1c1ccc2c(c1)OCCn1cc(N3C(=O)OC[C@H]3CF)nc1-2. The standard InChI is InChI=1S/C20H22FN5O4/c21-9-13-11-30-20(28)26(13)17-10-24-6-7-29-16-8-12(3-4-14(16)19(24)23-17)25-5-1-2-15(25)18(22)27/h3-4,8,10,13,15H,1-2,5-7,9,11H2,(H2,22,27)/t13-,15+/m1/s1. The molecule has 158 valence electrons. The molecule has 0 aliphatic carbocycles. The van der Waals surface area contributed by atoms with E-state index in [1.807, 2.05) is 27.7 Å². The van der Waals surface area contributed by atoms with Crippen molar-refractivity contribution in [3.05, 3.63) is 24.4 Å². The number of benzene rings is 1. The van der Waals surface area contributed by atoms with Gasteiger partial charge in [-0.15, -0.1) is 0 Å². The van der Waals surface area contributed by atoms with Gasteiger partial charge in [-0.2, -0.15) is 0 Å². The van der Waals surface area contributed by atoms with Crippen molar-refractivity contribution in [3.63, 3.8) is 0 Å². The molecule has 5 rings (SSSR count). The molecule has 0 unspecified atom stereocenters. The molecule has 2 aromatic rings. The highest BCUT2D eigenvalue weighted by molar-refractivity contribution is 5.90. The second-order valence-electron chi connectivity index (χ2n) is 7.65. The minimum absolute atomic E-state index is 0.0114. The molecule has 1 aromatic heterocycles. The van der Waals surface area contributed by atoms with E-state index < -0.39 is 18.8 Å². The van der Waals surface area contributed by atoms with Gasteiger partial charge in [0.15, 0.2) is 5.82 Å². The fourth-order valence-corrected chi connectivity index (χ4v) is 4.38. The maximum Gasteiger partial charge on any atom is 0.416 e. The first-order valence-electron chi connectivity index (χ1n) is 9.99.